The van der Waals surface area contributed by atoms with Crippen molar-refractivity contribution in [2.24, 2.45) is 5.73 Å². The van der Waals surface area contributed by atoms with Gasteiger partial charge in [0, 0.05) is 6.04 Å². The minimum absolute atomic E-state index is 0. The van der Waals surface area contributed by atoms with Crippen molar-refractivity contribution in [1.29, 1.82) is 0 Å². The van der Waals surface area contributed by atoms with Crippen molar-refractivity contribution in [2.75, 3.05) is 6.67 Å². The molecule has 0 heterocycles. The highest BCUT2D eigenvalue weighted by atomic mass is 35.5. The normalized spacial score (nSPS) is 12.0. The summed E-state index contributed by atoms with van der Waals surface area (Å²) < 4.78 is 24.6. The number of nitrogens with two attached hydrogens (primary N) is 1. The molecule has 0 saturated carbocycles. The summed E-state index contributed by atoms with van der Waals surface area (Å²) in [4.78, 5) is 0. The van der Waals surface area contributed by atoms with E-state index in [1.54, 1.807) is 0 Å². The molecule has 1 aromatic carbocycles. The van der Waals surface area contributed by atoms with Crippen LogP contribution in [0.2, 0.25) is 5.02 Å². The topological polar surface area (TPSA) is 26.0 Å². The van der Waals surface area contributed by atoms with E-state index in [1.807, 2.05) is 0 Å². The lowest BCUT2D eigenvalue weighted by atomic mass is 10.1. The Kier molecular flexibility index (Phi) is 6.00. The number of hydrogen-bond acceptors (Lipinski definition) is 1. The summed E-state index contributed by atoms with van der Waals surface area (Å²) in [5, 5.41) is 0.0202. The quantitative estimate of drug-likeness (QED) is 0.864. The summed E-state index contributed by atoms with van der Waals surface area (Å²) >= 11 is 5.53. The van der Waals surface area contributed by atoms with E-state index in [0.29, 0.717) is 5.56 Å². The summed E-state index contributed by atoms with van der Waals surface area (Å²) in [5.41, 5.74) is 6.26. The standard InChI is InChI=1S/C9H10ClF2N.ClH/c10-7-5-6(1-2-8(7)12)9(13)3-4-11;/h1-2,5,9H,3-4,13H2;1H/t9-;/m0./s1. The zero-order valence-corrected chi connectivity index (χ0v) is 8.92. The highest BCUT2D eigenvalue weighted by Crippen LogP contribution is 2.21. The highest BCUT2D eigenvalue weighted by Gasteiger charge is 2.07. The molecule has 1 aromatic rings. The van der Waals surface area contributed by atoms with Crippen molar-refractivity contribution < 1.29 is 8.78 Å². The predicted molar refractivity (Wildman–Crippen MR) is 56.2 cm³/mol. The van der Waals surface area contributed by atoms with Crippen LogP contribution in [-0.2, 0) is 0 Å². The van der Waals surface area contributed by atoms with Crippen LogP contribution >= 0.6 is 24.0 Å². The number of rotatable bonds is 3. The minimum atomic E-state index is -0.490. The Morgan fingerprint density at radius 1 is 1.43 bits per heavy atom. The minimum Gasteiger partial charge on any atom is -0.324 e. The van der Waals surface area contributed by atoms with Gasteiger partial charge < -0.3 is 5.73 Å². The molecule has 0 radical (unpaired) electrons. The molecule has 2 N–H and O–H groups in total. The van der Waals surface area contributed by atoms with E-state index in [2.05, 4.69) is 0 Å². The first-order valence-electron chi connectivity index (χ1n) is 3.91. The Balaban J connectivity index is 0.00000169. The molecule has 0 amide bonds. The molecule has 80 valence electrons. The summed E-state index contributed by atoms with van der Waals surface area (Å²) in [6.45, 7) is -0.490. The zero-order chi connectivity index (χ0) is 9.84. The van der Waals surface area contributed by atoms with Gasteiger partial charge in [-0.2, -0.15) is 0 Å². The van der Waals surface area contributed by atoms with E-state index in [0.717, 1.165) is 0 Å². The van der Waals surface area contributed by atoms with Gasteiger partial charge in [-0.1, -0.05) is 17.7 Å². The fourth-order valence-corrected chi connectivity index (χ4v) is 1.22. The van der Waals surface area contributed by atoms with Gasteiger partial charge in [0.25, 0.3) is 0 Å². The molecular formula is C9H11Cl2F2N. The molecule has 1 atom stereocenters. The molecule has 0 aliphatic heterocycles. The van der Waals surface area contributed by atoms with Crippen LogP contribution < -0.4 is 5.73 Å². The summed E-state index contributed by atoms with van der Waals surface area (Å²) in [7, 11) is 0. The number of benzene rings is 1. The van der Waals surface area contributed by atoms with Crippen LogP contribution in [0.15, 0.2) is 18.2 Å². The largest absolute Gasteiger partial charge is 0.324 e. The lowest BCUT2D eigenvalue weighted by molar-refractivity contribution is 0.441. The number of alkyl halides is 1. The molecule has 0 spiro atoms. The van der Waals surface area contributed by atoms with Crippen molar-refractivity contribution >= 4 is 24.0 Å². The molecule has 0 saturated heterocycles. The Morgan fingerprint density at radius 3 is 2.57 bits per heavy atom. The van der Waals surface area contributed by atoms with Crippen molar-refractivity contribution in [3.8, 4) is 0 Å². The fourth-order valence-electron chi connectivity index (χ4n) is 1.03. The van der Waals surface area contributed by atoms with Gasteiger partial charge in [0.1, 0.15) is 5.82 Å². The van der Waals surface area contributed by atoms with Gasteiger partial charge in [-0.05, 0) is 24.1 Å². The van der Waals surface area contributed by atoms with Crippen molar-refractivity contribution in [3.05, 3.63) is 34.6 Å². The molecule has 0 bridgehead atoms. The lowest BCUT2D eigenvalue weighted by Crippen LogP contribution is -2.10. The molecule has 0 aliphatic carbocycles. The molecule has 0 aromatic heterocycles. The fraction of sp³-hybridized carbons (Fsp3) is 0.333. The Labute approximate surface area is 92.7 Å². The van der Waals surface area contributed by atoms with Gasteiger partial charge in [-0.3, -0.25) is 4.39 Å². The van der Waals surface area contributed by atoms with Crippen LogP contribution in [0.1, 0.15) is 18.0 Å². The van der Waals surface area contributed by atoms with Crippen LogP contribution in [0.25, 0.3) is 0 Å². The third-order valence-corrected chi connectivity index (χ3v) is 2.08. The van der Waals surface area contributed by atoms with E-state index in [9.17, 15) is 8.78 Å². The smallest absolute Gasteiger partial charge is 0.141 e. The van der Waals surface area contributed by atoms with E-state index in [-0.39, 0.29) is 23.9 Å². The predicted octanol–water partition coefficient (Wildman–Crippen LogP) is 3.26. The Bertz CT molecular complexity index is 294. The maximum atomic E-state index is 12.7. The third kappa shape index (κ3) is 3.40. The zero-order valence-electron chi connectivity index (χ0n) is 7.34. The van der Waals surface area contributed by atoms with Gasteiger partial charge in [0.2, 0.25) is 0 Å². The SMILES string of the molecule is Cl.N[C@@H](CCF)c1ccc(F)c(Cl)c1. The first-order valence-corrected chi connectivity index (χ1v) is 4.29. The van der Waals surface area contributed by atoms with Crippen LogP contribution in [0, 0.1) is 5.82 Å². The molecule has 1 nitrogen and oxygen atoms in total. The lowest BCUT2D eigenvalue weighted by Gasteiger charge is -2.09. The van der Waals surface area contributed by atoms with Gasteiger partial charge in [-0.25, -0.2) is 4.39 Å². The molecule has 0 fully saturated rings. The Hall–Kier alpha value is -0.380. The molecule has 5 heteroatoms. The van der Waals surface area contributed by atoms with E-state index >= 15 is 0 Å². The van der Waals surface area contributed by atoms with Crippen molar-refractivity contribution in [1.82, 2.24) is 0 Å². The molecule has 1 rings (SSSR count). The van der Waals surface area contributed by atoms with Crippen LogP contribution in [-0.4, -0.2) is 6.67 Å². The first kappa shape index (κ1) is 13.6. The second-order valence-corrected chi connectivity index (χ2v) is 3.16. The van der Waals surface area contributed by atoms with Crippen molar-refractivity contribution in [3.63, 3.8) is 0 Å². The molecule has 0 aliphatic rings. The summed E-state index contributed by atoms with van der Waals surface area (Å²) in [6.07, 6.45) is 0.224. The van der Waals surface area contributed by atoms with Gasteiger partial charge in [0.05, 0.1) is 11.7 Å². The van der Waals surface area contributed by atoms with E-state index in [4.69, 9.17) is 17.3 Å². The second-order valence-electron chi connectivity index (χ2n) is 2.76. The highest BCUT2D eigenvalue weighted by molar-refractivity contribution is 6.30. The van der Waals surface area contributed by atoms with Crippen LogP contribution in [0.5, 0.6) is 0 Å². The van der Waals surface area contributed by atoms with E-state index in [1.165, 1.54) is 18.2 Å². The molecule has 0 unspecified atom stereocenters. The second kappa shape index (κ2) is 6.17. The molecular weight excluding hydrogens is 231 g/mol. The van der Waals surface area contributed by atoms with Gasteiger partial charge in [-0.15, -0.1) is 12.4 Å². The van der Waals surface area contributed by atoms with Crippen LogP contribution in [0.3, 0.4) is 0 Å². The maximum Gasteiger partial charge on any atom is 0.141 e. The van der Waals surface area contributed by atoms with Gasteiger partial charge in [0.15, 0.2) is 0 Å². The number of hydrogen-bond donors (Lipinski definition) is 1. The number of halogens is 4. The Morgan fingerprint density at radius 2 is 2.07 bits per heavy atom. The third-order valence-electron chi connectivity index (χ3n) is 1.79. The van der Waals surface area contributed by atoms with E-state index < -0.39 is 18.5 Å². The summed E-state index contributed by atoms with van der Waals surface area (Å²) in [5.74, 6) is -0.488. The first-order chi connectivity index (χ1) is 6.15. The summed E-state index contributed by atoms with van der Waals surface area (Å²) in [6, 6.07) is 3.76. The molecule has 14 heavy (non-hydrogen) atoms. The van der Waals surface area contributed by atoms with Crippen LogP contribution in [0.4, 0.5) is 8.78 Å². The van der Waals surface area contributed by atoms with Gasteiger partial charge >= 0.3 is 0 Å². The average molecular weight is 242 g/mol. The monoisotopic (exact) mass is 241 g/mol. The van der Waals surface area contributed by atoms with Crippen molar-refractivity contribution in [2.45, 2.75) is 12.5 Å². The maximum absolute atomic E-state index is 12.7. The average Bonchev–Trinajstić information content (AvgIpc) is 2.10.